The highest BCUT2D eigenvalue weighted by Crippen LogP contribution is 2.24. The molecule has 0 amide bonds. The molecule has 0 saturated heterocycles. The number of rotatable bonds is 9. The van der Waals surface area contributed by atoms with Crippen LogP contribution in [0.4, 0.5) is 11.5 Å². The van der Waals surface area contributed by atoms with Crippen molar-refractivity contribution in [3.63, 3.8) is 0 Å². The number of aliphatic hydroxyl groups excluding tert-OH is 1. The van der Waals surface area contributed by atoms with E-state index in [4.69, 9.17) is 9.84 Å². The Balaban J connectivity index is 2.52. The number of aliphatic hydroxyl groups is 1. The van der Waals surface area contributed by atoms with Gasteiger partial charge >= 0.3 is 5.69 Å². The number of hydrogen-bond donors (Lipinski definition) is 2. The number of hydrogen-bond acceptors (Lipinski definition) is 7. The molecule has 0 fully saturated rings. The van der Waals surface area contributed by atoms with Crippen LogP contribution in [-0.2, 0) is 0 Å². The minimum Gasteiger partial charge on any atom is -0.481 e. The molecule has 0 aliphatic carbocycles. The van der Waals surface area contributed by atoms with Crippen molar-refractivity contribution >= 4 is 23.3 Å². The lowest BCUT2D eigenvalue weighted by Gasteiger charge is -2.07. The molecule has 1 aromatic heterocycles. The SMILES string of the molecule is COc1ccc([N+](=O)[O-])c(NCCSCCCO)n1. The van der Waals surface area contributed by atoms with E-state index in [1.807, 2.05) is 0 Å². The van der Waals surface area contributed by atoms with Gasteiger partial charge in [-0.2, -0.15) is 16.7 Å². The van der Waals surface area contributed by atoms with Gasteiger partial charge in [0.15, 0.2) is 0 Å². The fourth-order valence-electron chi connectivity index (χ4n) is 1.34. The van der Waals surface area contributed by atoms with Crippen molar-refractivity contribution in [3.8, 4) is 5.88 Å². The van der Waals surface area contributed by atoms with Crippen molar-refractivity contribution in [3.05, 3.63) is 22.2 Å². The summed E-state index contributed by atoms with van der Waals surface area (Å²) in [5, 5.41) is 22.4. The largest absolute Gasteiger partial charge is 0.481 e. The van der Waals surface area contributed by atoms with Crippen LogP contribution in [-0.4, -0.2) is 46.8 Å². The Morgan fingerprint density at radius 1 is 1.53 bits per heavy atom. The third-order valence-corrected chi connectivity index (χ3v) is 3.31. The van der Waals surface area contributed by atoms with Crippen LogP contribution in [0.2, 0.25) is 0 Å². The van der Waals surface area contributed by atoms with E-state index in [9.17, 15) is 10.1 Å². The molecular weight excluding hydrogens is 270 g/mol. The van der Waals surface area contributed by atoms with E-state index in [1.165, 1.54) is 19.2 Å². The van der Waals surface area contributed by atoms with Crippen molar-refractivity contribution in [1.82, 2.24) is 4.98 Å². The van der Waals surface area contributed by atoms with Crippen molar-refractivity contribution in [1.29, 1.82) is 0 Å². The lowest BCUT2D eigenvalue weighted by atomic mass is 10.4. The van der Waals surface area contributed by atoms with Gasteiger partial charge in [-0.3, -0.25) is 10.1 Å². The van der Waals surface area contributed by atoms with Gasteiger partial charge < -0.3 is 15.2 Å². The van der Waals surface area contributed by atoms with Crippen molar-refractivity contribution in [2.75, 3.05) is 37.1 Å². The fourth-order valence-corrected chi connectivity index (χ4v) is 2.12. The van der Waals surface area contributed by atoms with Crippen LogP contribution in [0.5, 0.6) is 5.88 Å². The standard InChI is InChI=1S/C11H17N3O4S/c1-18-10-4-3-9(14(16)17)11(13-10)12-5-8-19-7-2-6-15/h3-4,15H,2,5-8H2,1H3,(H,12,13). The lowest BCUT2D eigenvalue weighted by Crippen LogP contribution is -2.09. The van der Waals surface area contributed by atoms with Gasteiger partial charge in [0.05, 0.1) is 12.0 Å². The summed E-state index contributed by atoms with van der Waals surface area (Å²) in [5.41, 5.74) is -0.0684. The van der Waals surface area contributed by atoms with Crippen LogP contribution in [0.3, 0.4) is 0 Å². The van der Waals surface area contributed by atoms with Crippen LogP contribution in [0.25, 0.3) is 0 Å². The third kappa shape index (κ3) is 5.31. The minimum absolute atomic E-state index is 0.0684. The number of methoxy groups -OCH3 is 1. The van der Waals surface area contributed by atoms with Crippen LogP contribution >= 0.6 is 11.8 Å². The number of aromatic nitrogens is 1. The van der Waals surface area contributed by atoms with E-state index in [0.717, 1.165) is 17.9 Å². The molecule has 8 heteroatoms. The van der Waals surface area contributed by atoms with Crippen molar-refractivity contribution in [2.45, 2.75) is 6.42 Å². The van der Waals surface area contributed by atoms with E-state index < -0.39 is 4.92 Å². The Labute approximate surface area is 115 Å². The molecule has 0 atom stereocenters. The third-order valence-electron chi connectivity index (χ3n) is 2.24. The quantitative estimate of drug-likeness (QED) is 0.404. The molecule has 0 radical (unpaired) electrons. The highest BCUT2D eigenvalue weighted by Gasteiger charge is 2.15. The Kier molecular flexibility index (Phi) is 6.98. The monoisotopic (exact) mass is 287 g/mol. The summed E-state index contributed by atoms with van der Waals surface area (Å²) in [6.45, 7) is 0.750. The molecule has 0 aromatic carbocycles. The second-order valence-electron chi connectivity index (χ2n) is 3.59. The molecule has 7 nitrogen and oxygen atoms in total. The molecule has 19 heavy (non-hydrogen) atoms. The van der Waals surface area contributed by atoms with Gasteiger partial charge in [-0.1, -0.05) is 0 Å². The molecule has 106 valence electrons. The average molecular weight is 287 g/mol. The number of nitrogens with zero attached hydrogens (tertiary/aromatic N) is 2. The smallest absolute Gasteiger partial charge is 0.311 e. The second kappa shape index (κ2) is 8.54. The summed E-state index contributed by atoms with van der Waals surface area (Å²) in [6.07, 6.45) is 0.752. The molecule has 2 N–H and O–H groups in total. The molecule has 0 bridgehead atoms. The van der Waals surface area contributed by atoms with Crippen LogP contribution < -0.4 is 10.1 Å². The Bertz CT molecular complexity index is 417. The minimum atomic E-state index is -0.478. The molecule has 0 unspecified atom stereocenters. The maximum atomic E-state index is 10.8. The topological polar surface area (TPSA) is 97.5 Å². The Morgan fingerprint density at radius 3 is 2.95 bits per heavy atom. The van der Waals surface area contributed by atoms with E-state index >= 15 is 0 Å². The summed E-state index contributed by atoms with van der Waals surface area (Å²) in [5.74, 6) is 2.20. The first-order chi connectivity index (χ1) is 9.19. The molecule has 0 aliphatic rings. The second-order valence-corrected chi connectivity index (χ2v) is 4.82. The molecule has 1 rings (SSSR count). The molecule has 1 heterocycles. The number of anilines is 1. The maximum absolute atomic E-state index is 10.8. The van der Waals surface area contributed by atoms with Gasteiger partial charge in [-0.05, 0) is 12.2 Å². The fraction of sp³-hybridized carbons (Fsp3) is 0.545. The normalized spacial score (nSPS) is 10.2. The van der Waals surface area contributed by atoms with Crippen molar-refractivity contribution in [2.24, 2.45) is 0 Å². The van der Waals surface area contributed by atoms with Crippen molar-refractivity contribution < 1.29 is 14.8 Å². The predicted octanol–water partition coefficient (Wildman–Crippen LogP) is 1.53. The van der Waals surface area contributed by atoms with Crippen LogP contribution in [0.1, 0.15) is 6.42 Å². The molecular formula is C11H17N3O4S. The first-order valence-corrected chi connectivity index (χ1v) is 6.96. The van der Waals surface area contributed by atoms with Gasteiger partial charge in [0.1, 0.15) is 0 Å². The van der Waals surface area contributed by atoms with E-state index in [1.54, 1.807) is 11.8 Å². The van der Waals surface area contributed by atoms with Gasteiger partial charge in [0, 0.05) is 31.0 Å². The van der Waals surface area contributed by atoms with E-state index in [0.29, 0.717) is 12.4 Å². The number of thioether (sulfide) groups is 1. The summed E-state index contributed by atoms with van der Waals surface area (Å²) < 4.78 is 4.94. The average Bonchev–Trinajstić information content (AvgIpc) is 2.42. The maximum Gasteiger partial charge on any atom is 0.311 e. The number of pyridine rings is 1. The predicted molar refractivity (Wildman–Crippen MR) is 75.0 cm³/mol. The zero-order chi connectivity index (χ0) is 14.1. The lowest BCUT2D eigenvalue weighted by molar-refractivity contribution is -0.384. The van der Waals surface area contributed by atoms with Crippen LogP contribution in [0.15, 0.2) is 12.1 Å². The number of nitro groups is 1. The van der Waals surface area contributed by atoms with Gasteiger partial charge in [-0.25, -0.2) is 0 Å². The van der Waals surface area contributed by atoms with E-state index in [2.05, 4.69) is 10.3 Å². The summed E-state index contributed by atoms with van der Waals surface area (Å²) in [4.78, 5) is 14.4. The van der Waals surface area contributed by atoms with Gasteiger partial charge in [0.25, 0.3) is 0 Å². The Hall–Kier alpha value is -1.54. The van der Waals surface area contributed by atoms with Crippen LogP contribution in [0, 0.1) is 10.1 Å². The zero-order valence-electron chi connectivity index (χ0n) is 10.7. The summed E-state index contributed by atoms with van der Waals surface area (Å²) in [7, 11) is 1.46. The Morgan fingerprint density at radius 2 is 2.32 bits per heavy atom. The highest BCUT2D eigenvalue weighted by molar-refractivity contribution is 7.99. The first-order valence-electron chi connectivity index (χ1n) is 5.81. The molecule has 0 aliphatic heterocycles. The zero-order valence-corrected chi connectivity index (χ0v) is 11.5. The van der Waals surface area contributed by atoms with Gasteiger partial charge in [0.2, 0.25) is 11.7 Å². The summed E-state index contributed by atoms with van der Waals surface area (Å²) in [6, 6.07) is 2.83. The molecule has 1 aromatic rings. The molecule has 0 spiro atoms. The first kappa shape index (κ1) is 15.5. The number of ether oxygens (including phenoxy) is 1. The highest BCUT2D eigenvalue weighted by atomic mass is 32.2. The number of nitrogens with one attached hydrogen (secondary N) is 1. The van der Waals surface area contributed by atoms with E-state index in [-0.39, 0.29) is 18.1 Å². The summed E-state index contributed by atoms with van der Waals surface area (Å²) >= 11 is 1.67. The van der Waals surface area contributed by atoms with Gasteiger partial charge in [-0.15, -0.1) is 0 Å². The molecule has 0 saturated carbocycles.